The summed E-state index contributed by atoms with van der Waals surface area (Å²) in [5.41, 5.74) is 1.25. The topological polar surface area (TPSA) is 52.6 Å². The molecule has 2 amide bonds. The van der Waals surface area contributed by atoms with E-state index < -0.39 is 6.10 Å². The quantitative estimate of drug-likeness (QED) is 0.654. The average Bonchev–Trinajstić information content (AvgIpc) is 2.55. The van der Waals surface area contributed by atoms with Crippen molar-refractivity contribution >= 4 is 46.5 Å². The summed E-state index contributed by atoms with van der Waals surface area (Å²) in [6, 6.07) is 11.8. The normalized spacial score (nSPS) is 15.2. The van der Waals surface area contributed by atoms with Crippen LogP contribution in [0.15, 0.2) is 42.5 Å². The third-order valence-electron chi connectivity index (χ3n) is 4.55. The molecule has 26 heavy (non-hydrogen) atoms. The number of benzene rings is 2. The van der Waals surface area contributed by atoms with Crippen LogP contribution in [-0.4, -0.2) is 28.6 Å². The molecule has 138 valence electrons. The molecule has 0 spiro atoms. The summed E-state index contributed by atoms with van der Waals surface area (Å²) in [6.07, 6.45) is 2.08. The summed E-state index contributed by atoms with van der Waals surface area (Å²) in [5, 5.41) is 14.8. The van der Waals surface area contributed by atoms with Crippen molar-refractivity contribution in [2.45, 2.75) is 31.4 Å². The number of carbonyl (C=O) groups is 1. The van der Waals surface area contributed by atoms with E-state index in [-0.39, 0.29) is 18.6 Å². The van der Waals surface area contributed by atoms with Gasteiger partial charge in [0.25, 0.3) is 0 Å². The number of nitrogens with zero attached hydrogens (tertiary/aromatic N) is 1. The number of amides is 2. The van der Waals surface area contributed by atoms with E-state index in [1.165, 1.54) is 0 Å². The van der Waals surface area contributed by atoms with Crippen LogP contribution in [0.3, 0.4) is 0 Å². The molecule has 0 bridgehead atoms. The van der Waals surface area contributed by atoms with Crippen molar-refractivity contribution in [1.29, 1.82) is 0 Å². The van der Waals surface area contributed by atoms with Gasteiger partial charge in [0.2, 0.25) is 0 Å². The maximum Gasteiger partial charge on any atom is 0.322 e. The molecule has 0 saturated heterocycles. The minimum Gasteiger partial charge on any atom is -0.387 e. The zero-order valence-electron chi connectivity index (χ0n) is 14.0. The van der Waals surface area contributed by atoms with Gasteiger partial charge in [0.05, 0.1) is 22.7 Å². The predicted molar refractivity (Wildman–Crippen MR) is 106 cm³/mol. The summed E-state index contributed by atoms with van der Waals surface area (Å²) in [6.45, 7) is 0.176. The Morgan fingerprint density at radius 1 is 1.15 bits per heavy atom. The monoisotopic (exact) mass is 412 g/mol. The number of aliphatic hydroxyl groups excluding tert-OH is 1. The van der Waals surface area contributed by atoms with E-state index in [0.717, 1.165) is 19.3 Å². The highest BCUT2D eigenvalue weighted by atomic mass is 35.5. The van der Waals surface area contributed by atoms with Gasteiger partial charge in [0.1, 0.15) is 0 Å². The predicted octanol–water partition coefficient (Wildman–Crippen LogP) is 5.77. The molecule has 0 aromatic heterocycles. The lowest BCUT2D eigenvalue weighted by Crippen LogP contribution is -2.48. The molecule has 1 aliphatic carbocycles. The number of hydrogen-bond donors (Lipinski definition) is 2. The highest BCUT2D eigenvalue weighted by molar-refractivity contribution is 6.42. The van der Waals surface area contributed by atoms with Crippen LogP contribution in [0.1, 0.15) is 30.9 Å². The second kappa shape index (κ2) is 8.49. The lowest BCUT2D eigenvalue weighted by Gasteiger charge is -2.38. The Balaban J connectivity index is 1.73. The fourth-order valence-electron chi connectivity index (χ4n) is 2.87. The van der Waals surface area contributed by atoms with Gasteiger partial charge in [0.15, 0.2) is 0 Å². The molecule has 2 aromatic rings. The van der Waals surface area contributed by atoms with Crippen molar-refractivity contribution in [1.82, 2.24) is 4.90 Å². The molecule has 0 aliphatic heterocycles. The fourth-order valence-corrected chi connectivity index (χ4v) is 3.37. The fraction of sp³-hybridized carbons (Fsp3) is 0.316. The Bertz CT molecular complexity index is 796. The zero-order chi connectivity index (χ0) is 18.7. The molecule has 0 unspecified atom stereocenters. The van der Waals surface area contributed by atoms with Crippen LogP contribution in [0, 0.1) is 0 Å². The number of urea groups is 1. The van der Waals surface area contributed by atoms with Gasteiger partial charge in [-0.05, 0) is 55.2 Å². The number of nitrogens with one attached hydrogen (secondary N) is 1. The van der Waals surface area contributed by atoms with Crippen LogP contribution in [0.25, 0.3) is 0 Å². The van der Waals surface area contributed by atoms with E-state index in [1.54, 1.807) is 47.4 Å². The number of rotatable bonds is 5. The van der Waals surface area contributed by atoms with Gasteiger partial charge in [-0.3, -0.25) is 0 Å². The summed E-state index contributed by atoms with van der Waals surface area (Å²) in [4.78, 5) is 14.4. The molecule has 1 aliphatic rings. The van der Waals surface area contributed by atoms with Crippen LogP contribution >= 0.6 is 34.8 Å². The van der Waals surface area contributed by atoms with Crippen LogP contribution in [0.5, 0.6) is 0 Å². The molecule has 0 radical (unpaired) electrons. The number of halogens is 3. The number of aliphatic hydroxyl groups is 1. The Labute approximate surface area is 167 Å². The van der Waals surface area contributed by atoms with Gasteiger partial charge in [-0.2, -0.15) is 0 Å². The molecule has 1 fully saturated rings. The van der Waals surface area contributed by atoms with Crippen molar-refractivity contribution in [3.63, 3.8) is 0 Å². The van der Waals surface area contributed by atoms with Gasteiger partial charge in [-0.15, -0.1) is 0 Å². The van der Waals surface area contributed by atoms with Crippen LogP contribution in [0.4, 0.5) is 10.5 Å². The summed E-state index contributed by atoms with van der Waals surface area (Å²) < 4.78 is 0. The lowest BCUT2D eigenvalue weighted by molar-refractivity contribution is 0.0840. The molecular weight excluding hydrogens is 395 g/mol. The second-order valence-corrected chi connectivity index (χ2v) is 7.62. The van der Waals surface area contributed by atoms with E-state index in [2.05, 4.69) is 5.32 Å². The molecule has 2 aromatic carbocycles. The molecule has 2 N–H and O–H groups in total. The molecule has 3 rings (SSSR count). The van der Waals surface area contributed by atoms with Gasteiger partial charge < -0.3 is 15.3 Å². The van der Waals surface area contributed by atoms with Crippen molar-refractivity contribution in [3.8, 4) is 0 Å². The van der Waals surface area contributed by atoms with Crippen LogP contribution in [0.2, 0.25) is 15.1 Å². The van der Waals surface area contributed by atoms with Crippen molar-refractivity contribution in [3.05, 3.63) is 63.1 Å². The Morgan fingerprint density at radius 2 is 1.92 bits per heavy atom. The number of carbonyl (C=O) groups excluding carboxylic acids is 1. The van der Waals surface area contributed by atoms with Crippen LogP contribution in [-0.2, 0) is 0 Å². The third-order valence-corrected chi connectivity index (χ3v) is 5.52. The first-order valence-corrected chi connectivity index (χ1v) is 9.53. The molecule has 0 heterocycles. The van der Waals surface area contributed by atoms with Gasteiger partial charge >= 0.3 is 6.03 Å². The first kappa shape index (κ1) is 19.3. The van der Waals surface area contributed by atoms with E-state index in [9.17, 15) is 9.90 Å². The van der Waals surface area contributed by atoms with Gasteiger partial charge in [-0.25, -0.2) is 4.79 Å². The molecule has 1 saturated carbocycles. The number of anilines is 1. The van der Waals surface area contributed by atoms with E-state index in [0.29, 0.717) is 26.3 Å². The highest BCUT2D eigenvalue weighted by Crippen LogP contribution is 2.30. The first-order chi connectivity index (χ1) is 12.4. The standard InChI is InChI=1S/C19H19Cl3N2O2/c20-13-3-1-4-14(10-13)23-19(26)24(15-5-2-6-15)11-18(25)12-7-8-16(21)17(22)9-12/h1,3-4,7-10,15,18,25H,2,5-6,11H2,(H,23,26)/t18-/m1/s1. The average molecular weight is 414 g/mol. The molecule has 4 nitrogen and oxygen atoms in total. The maximum absolute atomic E-state index is 12.8. The number of hydrogen-bond acceptors (Lipinski definition) is 2. The summed E-state index contributed by atoms with van der Waals surface area (Å²) >= 11 is 17.9. The van der Waals surface area contributed by atoms with Gasteiger partial charge in [0, 0.05) is 16.8 Å². The SMILES string of the molecule is O=C(Nc1cccc(Cl)c1)N(C[C@@H](O)c1ccc(Cl)c(Cl)c1)C1CCC1. The van der Waals surface area contributed by atoms with E-state index in [4.69, 9.17) is 34.8 Å². The second-order valence-electron chi connectivity index (χ2n) is 6.37. The highest BCUT2D eigenvalue weighted by Gasteiger charge is 2.30. The maximum atomic E-state index is 12.8. The van der Waals surface area contributed by atoms with Gasteiger partial charge in [-0.1, -0.05) is 46.9 Å². The lowest BCUT2D eigenvalue weighted by atomic mass is 9.91. The smallest absolute Gasteiger partial charge is 0.322 e. The van der Waals surface area contributed by atoms with Crippen molar-refractivity contribution in [2.75, 3.05) is 11.9 Å². The molecular formula is C19H19Cl3N2O2. The Morgan fingerprint density at radius 3 is 2.54 bits per heavy atom. The molecule has 1 atom stereocenters. The Hall–Kier alpha value is -1.46. The minimum absolute atomic E-state index is 0.117. The van der Waals surface area contributed by atoms with E-state index in [1.807, 2.05) is 0 Å². The van der Waals surface area contributed by atoms with Crippen molar-refractivity contribution < 1.29 is 9.90 Å². The minimum atomic E-state index is -0.851. The zero-order valence-corrected chi connectivity index (χ0v) is 16.2. The first-order valence-electron chi connectivity index (χ1n) is 8.40. The largest absolute Gasteiger partial charge is 0.387 e. The Kier molecular flexibility index (Phi) is 6.30. The van der Waals surface area contributed by atoms with E-state index >= 15 is 0 Å². The van der Waals surface area contributed by atoms with Crippen LogP contribution < -0.4 is 5.32 Å². The third kappa shape index (κ3) is 4.63. The summed E-state index contributed by atoms with van der Waals surface area (Å²) in [7, 11) is 0. The van der Waals surface area contributed by atoms with Crippen molar-refractivity contribution in [2.24, 2.45) is 0 Å². The molecule has 7 heteroatoms. The summed E-state index contributed by atoms with van der Waals surface area (Å²) in [5.74, 6) is 0.